The Morgan fingerprint density at radius 1 is 0.816 bits per heavy atom. The fraction of sp³-hybridized carbons (Fsp3) is 0.895. The number of nitrogens with zero attached hydrogens (tertiary/aromatic N) is 1. The zero-order chi connectivity index (χ0) is 35.1. The first kappa shape index (κ1) is 38.0. The van der Waals surface area contributed by atoms with Gasteiger partial charge in [0, 0.05) is 24.7 Å². The number of nitrogens with one attached hydrogen (secondary N) is 4. The Morgan fingerprint density at radius 3 is 2.16 bits per heavy atom. The topological polar surface area (TPSA) is 166 Å². The molecule has 5 rings (SSSR count). The molecule has 0 aromatic carbocycles. The normalized spacial score (nSPS) is 31.7. The summed E-state index contributed by atoms with van der Waals surface area (Å²) in [6.45, 7) is 6.99. The van der Waals surface area contributed by atoms with Crippen LogP contribution in [0.4, 0.5) is 0 Å². The van der Waals surface area contributed by atoms with Crippen molar-refractivity contribution in [2.24, 2.45) is 29.4 Å². The molecule has 2 heterocycles. The number of aliphatic hydroxyl groups is 1. The minimum Gasteiger partial charge on any atom is -0.390 e. The zero-order valence-corrected chi connectivity index (χ0v) is 30.5. The number of aliphatic hydroxyl groups excluding tert-OH is 1. The Hall–Kier alpha value is -2.24. The van der Waals surface area contributed by atoms with Gasteiger partial charge in [-0.1, -0.05) is 64.2 Å². The lowest BCUT2D eigenvalue weighted by Crippen LogP contribution is -2.61. The molecular formula is C38H66N6O5. The number of primary amides is 1. The van der Waals surface area contributed by atoms with Crippen LogP contribution in [0, 0.1) is 23.7 Å². The summed E-state index contributed by atoms with van der Waals surface area (Å²) >= 11 is 0. The molecule has 0 bridgehead atoms. The van der Waals surface area contributed by atoms with Gasteiger partial charge in [0.1, 0.15) is 6.04 Å². The second-order valence-corrected chi connectivity index (χ2v) is 17.4. The Balaban J connectivity index is 1.29. The molecule has 49 heavy (non-hydrogen) atoms. The van der Waals surface area contributed by atoms with Crippen LogP contribution in [-0.4, -0.2) is 88.6 Å². The lowest BCUT2D eigenvalue weighted by Gasteiger charge is -2.47. The Kier molecular flexibility index (Phi) is 13.4. The second kappa shape index (κ2) is 17.3. The predicted molar refractivity (Wildman–Crippen MR) is 190 cm³/mol. The summed E-state index contributed by atoms with van der Waals surface area (Å²) in [5.41, 5.74) is 5.23. The van der Waals surface area contributed by atoms with Crippen molar-refractivity contribution < 1.29 is 24.3 Å². The highest BCUT2D eigenvalue weighted by Crippen LogP contribution is 2.39. The van der Waals surface area contributed by atoms with E-state index in [1.807, 2.05) is 20.8 Å². The van der Waals surface area contributed by atoms with E-state index in [2.05, 4.69) is 26.2 Å². The Morgan fingerprint density at radius 2 is 1.47 bits per heavy atom. The van der Waals surface area contributed by atoms with Crippen LogP contribution in [0.2, 0.25) is 0 Å². The third kappa shape index (κ3) is 10.9. The quantitative estimate of drug-likeness (QED) is 0.183. The van der Waals surface area contributed by atoms with Gasteiger partial charge in [0.15, 0.2) is 0 Å². The fourth-order valence-corrected chi connectivity index (χ4v) is 9.76. The monoisotopic (exact) mass is 687 g/mol. The summed E-state index contributed by atoms with van der Waals surface area (Å²) in [6.07, 6.45) is 16.7. The van der Waals surface area contributed by atoms with E-state index in [9.17, 15) is 24.3 Å². The summed E-state index contributed by atoms with van der Waals surface area (Å²) in [6, 6.07) is -2.16. The van der Waals surface area contributed by atoms with E-state index < -0.39 is 36.0 Å². The van der Waals surface area contributed by atoms with Crippen LogP contribution >= 0.6 is 0 Å². The van der Waals surface area contributed by atoms with Gasteiger partial charge in [-0.3, -0.25) is 24.1 Å². The van der Waals surface area contributed by atoms with E-state index in [0.717, 1.165) is 70.8 Å². The Labute approximate surface area is 294 Å². The van der Waals surface area contributed by atoms with E-state index in [-0.39, 0.29) is 36.4 Å². The van der Waals surface area contributed by atoms with E-state index in [0.29, 0.717) is 42.6 Å². The minimum atomic E-state index is -1.12. The van der Waals surface area contributed by atoms with Crippen LogP contribution in [-0.2, 0) is 19.2 Å². The maximum absolute atomic E-state index is 13.9. The second-order valence-electron chi connectivity index (χ2n) is 17.4. The van der Waals surface area contributed by atoms with Crippen molar-refractivity contribution >= 4 is 23.6 Å². The van der Waals surface area contributed by atoms with Gasteiger partial charge in [-0.25, -0.2) is 0 Å². The SMILES string of the molecule is CC(C)(C)NC(=O)C1CC2CCCCC2CN1CC(O)C(CC1CCCCC1)NC(=O)C(CC(N)=O)NC(=O)C1CCC2CCCCC2N1. The first-order valence-electron chi connectivity index (χ1n) is 19.8. The van der Waals surface area contributed by atoms with Crippen LogP contribution in [0.1, 0.15) is 136 Å². The molecule has 2 aliphatic heterocycles. The molecule has 3 aliphatic carbocycles. The Bertz CT molecular complexity index is 1140. The van der Waals surface area contributed by atoms with Crippen molar-refractivity contribution in [3.63, 3.8) is 0 Å². The highest BCUT2D eigenvalue weighted by Gasteiger charge is 2.42. The lowest BCUT2D eigenvalue weighted by atomic mass is 9.72. The molecule has 0 spiro atoms. The molecule has 278 valence electrons. The average molecular weight is 687 g/mol. The number of β-amino-alcohol motifs (C(OH)–C–C–N with tert-alkyl or cyclic N) is 1. The number of carbonyl (C=O) groups is 4. The van der Waals surface area contributed by atoms with E-state index >= 15 is 0 Å². The predicted octanol–water partition coefficient (Wildman–Crippen LogP) is 3.27. The van der Waals surface area contributed by atoms with Gasteiger partial charge in [0.2, 0.25) is 23.6 Å². The molecule has 3 saturated carbocycles. The third-order valence-electron chi connectivity index (χ3n) is 12.3. The number of fused-ring (bicyclic) bond motifs is 2. The molecule has 4 amide bonds. The van der Waals surface area contributed by atoms with E-state index in [1.54, 1.807) is 0 Å². The minimum absolute atomic E-state index is 0.00306. The molecule has 9 unspecified atom stereocenters. The van der Waals surface area contributed by atoms with Crippen molar-refractivity contribution in [2.75, 3.05) is 13.1 Å². The first-order valence-corrected chi connectivity index (χ1v) is 19.8. The van der Waals surface area contributed by atoms with E-state index in [4.69, 9.17) is 5.73 Å². The van der Waals surface area contributed by atoms with Gasteiger partial charge in [-0.15, -0.1) is 0 Å². The molecule has 0 aromatic rings. The standard InChI is InChI=1S/C38H66N6O5/c1-38(2,3)43-37(49)32-20-26-14-7-8-15-27(26)22-44(32)23-33(45)30(19-24-11-5-4-6-12-24)41-36(48)31(21-34(39)46)42-35(47)29-18-17-25-13-9-10-16-28(25)40-29/h24-33,40,45H,4-23H2,1-3H3,(H2,39,46)(H,41,48)(H,42,47)(H,43,49). The molecule has 11 heteroatoms. The number of piperidine rings is 2. The maximum Gasteiger partial charge on any atom is 0.243 e. The van der Waals surface area contributed by atoms with Crippen molar-refractivity contribution in [1.82, 2.24) is 26.2 Å². The number of nitrogens with two attached hydrogens (primary N) is 1. The van der Waals surface area contributed by atoms with Gasteiger partial charge in [-0.2, -0.15) is 0 Å². The van der Waals surface area contributed by atoms with Crippen LogP contribution in [0.3, 0.4) is 0 Å². The number of rotatable bonds is 12. The largest absolute Gasteiger partial charge is 0.390 e. The molecule has 5 aliphatic rings. The van der Waals surface area contributed by atoms with Gasteiger partial charge in [-0.05, 0) is 89.4 Å². The number of hydrogen-bond donors (Lipinski definition) is 6. The third-order valence-corrected chi connectivity index (χ3v) is 12.3. The smallest absolute Gasteiger partial charge is 0.243 e. The molecule has 9 atom stereocenters. The summed E-state index contributed by atoms with van der Waals surface area (Å²) in [4.78, 5) is 55.4. The van der Waals surface area contributed by atoms with Crippen molar-refractivity contribution in [1.29, 1.82) is 0 Å². The number of likely N-dealkylation sites (tertiary alicyclic amines) is 1. The van der Waals surface area contributed by atoms with Crippen LogP contribution < -0.4 is 27.0 Å². The summed E-state index contributed by atoms with van der Waals surface area (Å²) in [5, 5.41) is 24.6. The zero-order valence-electron chi connectivity index (χ0n) is 30.5. The molecule has 2 saturated heterocycles. The van der Waals surface area contributed by atoms with Gasteiger partial charge in [0.25, 0.3) is 0 Å². The van der Waals surface area contributed by atoms with Crippen LogP contribution in [0.15, 0.2) is 0 Å². The van der Waals surface area contributed by atoms with Crippen molar-refractivity contribution in [3.8, 4) is 0 Å². The van der Waals surface area contributed by atoms with Crippen molar-refractivity contribution in [3.05, 3.63) is 0 Å². The molecule has 11 nitrogen and oxygen atoms in total. The average Bonchev–Trinajstić information content (AvgIpc) is 3.06. The van der Waals surface area contributed by atoms with Gasteiger partial charge < -0.3 is 32.1 Å². The summed E-state index contributed by atoms with van der Waals surface area (Å²) in [7, 11) is 0. The lowest BCUT2D eigenvalue weighted by molar-refractivity contribution is -0.134. The van der Waals surface area contributed by atoms with E-state index in [1.165, 1.54) is 32.1 Å². The first-order chi connectivity index (χ1) is 23.4. The molecule has 0 aromatic heterocycles. The molecule has 0 radical (unpaired) electrons. The number of carbonyl (C=O) groups excluding carboxylic acids is 4. The number of amides is 4. The molecule has 7 N–H and O–H groups in total. The number of hydrogen-bond acceptors (Lipinski definition) is 7. The van der Waals surface area contributed by atoms with Gasteiger partial charge >= 0.3 is 0 Å². The van der Waals surface area contributed by atoms with Gasteiger partial charge in [0.05, 0.1) is 30.7 Å². The highest BCUT2D eigenvalue weighted by atomic mass is 16.3. The molecule has 5 fully saturated rings. The van der Waals surface area contributed by atoms with Crippen LogP contribution in [0.5, 0.6) is 0 Å². The highest BCUT2D eigenvalue weighted by molar-refractivity contribution is 5.93. The fourth-order valence-electron chi connectivity index (χ4n) is 9.76. The summed E-state index contributed by atoms with van der Waals surface area (Å²) < 4.78 is 0. The van der Waals surface area contributed by atoms with Crippen LogP contribution in [0.25, 0.3) is 0 Å². The van der Waals surface area contributed by atoms with Crippen molar-refractivity contribution in [2.45, 2.75) is 178 Å². The maximum atomic E-state index is 13.9. The molecular weight excluding hydrogens is 620 g/mol. The summed E-state index contributed by atoms with van der Waals surface area (Å²) in [5.74, 6) is 0.511.